The van der Waals surface area contributed by atoms with Crippen molar-refractivity contribution < 1.29 is 4.92 Å². The highest BCUT2D eigenvalue weighted by Crippen LogP contribution is 2.33. The van der Waals surface area contributed by atoms with Gasteiger partial charge in [0.25, 0.3) is 5.69 Å². The van der Waals surface area contributed by atoms with E-state index in [9.17, 15) is 10.1 Å². The van der Waals surface area contributed by atoms with Crippen molar-refractivity contribution in [2.75, 3.05) is 5.32 Å². The molecule has 4 nitrogen and oxygen atoms in total. The lowest BCUT2D eigenvalue weighted by Crippen LogP contribution is -2.30. The third-order valence-corrected chi connectivity index (χ3v) is 3.55. The molecule has 1 fully saturated rings. The van der Waals surface area contributed by atoms with E-state index in [4.69, 9.17) is 0 Å². The second-order valence-electron chi connectivity index (χ2n) is 5.15. The minimum atomic E-state index is -0.337. The lowest BCUT2D eigenvalue weighted by molar-refractivity contribution is -0.385. The van der Waals surface area contributed by atoms with Crippen LogP contribution in [0, 0.1) is 17.0 Å². The molecular formula is C13H18N2O2. The molecular weight excluding hydrogens is 216 g/mol. The molecule has 1 aromatic carbocycles. The van der Waals surface area contributed by atoms with Crippen molar-refractivity contribution in [3.05, 3.63) is 33.9 Å². The number of nitro benzene ring substituents is 1. The maximum atomic E-state index is 10.7. The lowest BCUT2D eigenvalue weighted by Gasteiger charge is -2.26. The summed E-state index contributed by atoms with van der Waals surface area (Å²) in [5, 5.41) is 14.2. The van der Waals surface area contributed by atoms with Crippen LogP contribution in [0.25, 0.3) is 0 Å². The van der Waals surface area contributed by atoms with Crippen LogP contribution in [0.15, 0.2) is 18.2 Å². The summed E-state index contributed by atoms with van der Waals surface area (Å²) in [4.78, 5) is 10.4. The number of benzene rings is 1. The Morgan fingerprint density at radius 2 is 2.00 bits per heavy atom. The first-order valence-corrected chi connectivity index (χ1v) is 6.03. The molecule has 0 atom stereocenters. The molecule has 1 aliphatic carbocycles. The van der Waals surface area contributed by atoms with Crippen molar-refractivity contribution in [2.45, 2.75) is 45.1 Å². The normalized spacial score (nSPS) is 18.0. The van der Waals surface area contributed by atoms with E-state index in [1.807, 2.05) is 6.07 Å². The molecule has 0 spiro atoms. The van der Waals surface area contributed by atoms with Crippen LogP contribution in [0.5, 0.6) is 0 Å². The summed E-state index contributed by atoms with van der Waals surface area (Å²) in [7, 11) is 0. The molecule has 1 aliphatic rings. The Labute approximate surface area is 101 Å². The third-order valence-electron chi connectivity index (χ3n) is 3.55. The van der Waals surface area contributed by atoms with Gasteiger partial charge in [0, 0.05) is 22.9 Å². The molecule has 92 valence electrons. The van der Waals surface area contributed by atoms with E-state index in [0.717, 1.165) is 5.69 Å². The molecule has 0 bridgehead atoms. The van der Waals surface area contributed by atoms with Gasteiger partial charge in [-0.1, -0.05) is 12.8 Å². The molecule has 0 radical (unpaired) electrons. The molecule has 0 aromatic heterocycles. The smallest absolute Gasteiger partial charge is 0.272 e. The van der Waals surface area contributed by atoms with Crippen molar-refractivity contribution in [2.24, 2.45) is 0 Å². The minimum Gasteiger partial charge on any atom is -0.380 e. The quantitative estimate of drug-likeness (QED) is 0.641. The van der Waals surface area contributed by atoms with Crippen molar-refractivity contribution >= 4 is 11.4 Å². The zero-order valence-electron chi connectivity index (χ0n) is 10.3. The standard InChI is InChI=1S/C13H18N2O2/c1-10-9-11(5-6-12(10)15(16)17)14-13(2)7-3-4-8-13/h5-6,9,14H,3-4,7-8H2,1-2H3. The molecule has 1 aromatic rings. The Bertz CT molecular complexity index is 437. The zero-order valence-corrected chi connectivity index (χ0v) is 10.3. The molecule has 0 saturated heterocycles. The second-order valence-corrected chi connectivity index (χ2v) is 5.15. The zero-order chi connectivity index (χ0) is 12.5. The van der Waals surface area contributed by atoms with E-state index in [1.54, 1.807) is 19.1 Å². The van der Waals surface area contributed by atoms with Gasteiger partial charge in [-0.3, -0.25) is 10.1 Å². The summed E-state index contributed by atoms with van der Waals surface area (Å²) in [6.45, 7) is 4.00. The molecule has 0 aliphatic heterocycles. The van der Waals surface area contributed by atoms with Crippen molar-refractivity contribution in [1.29, 1.82) is 0 Å². The van der Waals surface area contributed by atoms with Gasteiger partial charge in [0.05, 0.1) is 4.92 Å². The van der Waals surface area contributed by atoms with Gasteiger partial charge in [-0.25, -0.2) is 0 Å². The number of hydrogen-bond acceptors (Lipinski definition) is 3. The van der Waals surface area contributed by atoms with Crippen molar-refractivity contribution in [3.8, 4) is 0 Å². The fourth-order valence-corrected chi connectivity index (χ4v) is 2.57. The molecule has 0 unspecified atom stereocenters. The minimum absolute atomic E-state index is 0.155. The molecule has 17 heavy (non-hydrogen) atoms. The SMILES string of the molecule is Cc1cc(NC2(C)CCCC2)ccc1[N+](=O)[O-]. The first-order valence-electron chi connectivity index (χ1n) is 6.03. The monoisotopic (exact) mass is 234 g/mol. The predicted octanol–water partition coefficient (Wildman–Crippen LogP) is 3.65. The average molecular weight is 234 g/mol. The summed E-state index contributed by atoms with van der Waals surface area (Å²) < 4.78 is 0. The van der Waals surface area contributed by atoms with Gasteiger partial charge in [0.15, 0.2) is 0 Å². The number of nitrogens with one attached hydrogen (secondary N) is 1. The second kappa shape index (κ2) is 4.35. The van der Waals surface area contributed by atoms with Crippen molar-refractivity contribution in [1.82, 2.24) is 0 Å². The first kappa shape index (κ1) is 11.9. The Morgan fingerprint density at radius 1 is 1.35 bits per heavy atom. The van der Waals surface area contributed by atoms with Gasteiger partial charge in [-0.15, -0.1) is 0 Å². The number of aryl methyl sites for hydroxylation is 1. The van der Waals surface area contributed by atoms with E-state index < -0.39 is 0 Å². The Kier molecular flexibility index (Phi) is 3.05. The van der Waals surface area contributed by atoms with Gasteiger partial charge < -0.3 is 5.32 Å². The summed E-state index contributed by atoms with van der Waals surface area (Å²) in [6, 6.07) is 5.24. The summed E-state index contributed by atoms with van der Waals surface area (Å²) in [5.74, 6) is 0. The summed E-state index contributed by atoms with van der Waals surface area (Å²) in [6.07, 6.45) is 4.86. The average Bonchev–Trinajstić information content (AvgIpc) is 2.64. The van der Waals surface area contributed by atoms with Crippen molar-refractivity contribution in [3.63, 3.8) is 0 Å². The maximum absolute atomic E-state index is 10.7. The Balaban J connectivity index is 2.17. The van der Waals surface area contributed by atoms with Crippen LogP contribution in [0.4, 0.5) is 11.4 Å². The summed E-state index contributed by atoms with van der Waals surface area (Å²) in [5.41, 5.74) is 2.04. The van der Waals surface area contributed by atoms with Crippen LogP contribution >= 0.6 is 0 Å². The van der Waals surface area contributed by atoms with Gasteiger partial charge in [-0.2, -0.15) is 0 Å². The molecule has 4 heteroatoms. The van der Waals surface area contributed by atoms with Crippen LogP contribution in [0.1, 0.15) is 38.2 Å². The highest BCUT2D eigenvalue weighted by atomic mass is 16.6. The van der Waals surface area contributed by atoms with E-state index in [-0.39, 0.29) is 16.1 Å². The third kappa shape index (κ3) is 2.57. The molecule has 2 rings (SSSR count). The van der Waals surface area contributed by atoms with Crippen LogP contribution in [-0.4, -0.2) is 10.5 Å². The number of nitro groups is 1. The van der Waals surface area contributed by atoms with Gasteiger partial charge in [0.1, 0.15) is 0 Å². The molecule has 0 heterocycles. The lowest BCUT2D eigenvalue weighted by atomic mass is 10.00. The molecule has 1 saturated carbocycles. The summed E-state index contributed by atoms with van der Waals surface area (Å²) >= 11 is 0. The Morgan fingerprint density at radius 3 is 2.53 bits per heavy atom. The number of rotatable bonds is 3. The van der Waals surface area contributed by atoms with Gasteiger partial charge in [0.2, 0.25) is 0 Å². The molecule has 0 amide bonds. The number of anilines is 1. The van der Waals surface area contributed by atoms with E-state index in [0.29, 0.717) is 5.56 Å². The Hall–Kier alpha value is -1.58. The topological polar surface area (TPSA) is 55.2 Å². The fraction of sp³-hybridized carbons (Fsp3) is 0.538. The van der Waals surface area contributed by atoms with E-state index >= 15 is 0 Å². The number of nitrogens with zero attached hydrogens (tertiary/aromatic N) is 1. The first-order chi connectivity index (χ1) is 8.00. The maximum Gasteiger partial charge on any atom is 0.272 e. The largest absolute Gasteiger partial charge is 0.380 e. The van der Waals surface area contributed by atoms with Crippen LogP contribution in [0.3, 0.4) is 0 Å². The number of hydrogen-bond donors (Lipinski definition) is 1. The van der Waals surface area contributed by atoms with Gasteiger partial charge in [-0.05, 0) is 38.8 Å². The molecule has 1 N–H and O–H groups in total. The van der Waals surface area contributed by atoms with Crippen LogP contribution < -0.4 is 5.32 Å². The fourth-order valence-electron chi connectivity index (χ4n) is 2.57. The highest BCUT2D eigenvalue weighted by molar-refractivity contribution is 5.54. The van der Waals surface area contributed by atoms with Gasteiger partial charge >= 0.3 is 0 Å². The van der Waals surface area contributed by atoms with E-state index in [1.165, 1.54) is 25.7 Å². The highest BCUT2D eigenvalue weighted by Gasteiger charge is 2.28. The van der Waals surface area contributed by atoms with Crippen LogP contribution in [-0.2, 0) is 0 Å². The van der Waals surface area contributed by atoms with E-state index in [2.05, 4.69) is 12.2 Å². The van der Waals surface area contributed by atoms with Crippen LogP contribution in [0.2, 0.25) is 0 Å². The predicted molar refractivity (Wildman–Crippen MR) is 68.3 cm³/mol.